The number of hydrogen-bond acceptors (Lipinski definition) is 4. The fourth-order valence-corrected chi connectivity index (χ4v) is 2.22. The molecule has 1 aliphatic heterocycles. The van der Waals surface area contributed by atoms with Gasteiger partial charge in [-0.15, -0.1) is 0 Å². The van der Waals surface area contributed by atoms with Crippen molar-refractivity contribution in [3.05, 3.63) is 64.7 Å². The number of anilines is 1. The molecule has 1 aliphatic rings. The summed E-state index contributed by atoms with van der Waals surface area (Å²) >= 11 is 0. The van der Waals surface area contributed by atoms with E-state index >= 15 is 0 Å². The van der Waals surface area contributed by atoms with Crippen molar-refractivity contribution in [3.8, 4) is 0 Å². The molecule has 0 unspecified atom stereocenters. The van der Waals surface area contributed by atoms with E-state index in [-0.39, 0.29) is 11.5 Å². The van der Waals surface area contributed by atoms with Gasteiger partial charge in [-0.3, -0.25) is 14.8 Å². The highest BCUT2D eigenvalue weighted by Crippen LogP contribution is 2.19. The third kappa shape index (κ3) is 2.23. The van der Waals surface area contributed by atoms with E-state index in [2.05, 4.69) is 4.99 Å². The second-order valence-corrected chi connectivity index (χ2v) is 4.70. The van der Waals surface area contributed by atoms with E-state index in [1.807, 2.05) is 0 Å². The molecule has 0 fully saturated rings. The first-order valence-electron chi connectivity index (χ1n) is 6.40. The first-order valence-corrected chi connectivity index (χ1v) is 6.40. The second-order valence-electron chi connectivity index (χ2n) is 4.70. The molecule has 3 rings (SSSR count). The van der Waals surface area contributed by atoms with E-state index in [1.54, 1.807) is 48.5 Å². The van der Waals surface area contributed by atoms with E-state index < -0.39 is 5.91 Å². The van der Waals surface area contributed by atoms with Gasteiger partial charge in [0.1, 0.15) is 5.70 Å². The summed E-state index contributed by atoms with van der Waals surface area (Å²) in [7, 11) is 0. The Morgan fingerprint density at radius 2 is 1.76 bits per heavy atom. The molecule has 0 saturated heterocycles. The zero-order valence-corrected chi connectivity index (χ0v) is 11.3. The van der Waals surface area contributed by atoms with Gasteiger partial charge in [0.25, 0.3) is 5.91 Å². The fourth-order valence-electron chi connectivity index (χ4n) is 2.22. The van der Waals surface area contributed by atoms with E-state index in [4.69, 9.17) is 0 Å². The number of Topliss-reactive ketones (excluding diaryl/α,β-unsaturated/α-hetero) is 1. The summed E-state index contributed by atoms with van der Waals surface area (Å²) in [4.78, 5) is 27.1. The van der Waals surface area contributed by atoms with Gasteiger partial charge in [-0.05, 0) is 37.3 Å². The van der Waals surface area contributed by atoms with Crippen molar-refractivity contribution in [2.24, 2.45) is 4.99 Å². The lowest BCUT2D eigenvalue weighted by atomic mass is 10.1. The van der Waals surface area contributed by atoms with E-state index in [9.17, 15) is 14.8 Å². The first kappa shape index (κ1) is 13.2. The number of nitrogens with zero attached hydrogens (tertiary/aromatic N) is 2. The molecule has 2 aromatic carbocycles. The minimum atomic E-state index is -0.491. The van der Waals surface area contributed by atoms with Crippen LogP contribution in [-0.4, -0.2) is 16.9 Å². The Morgan fingerprint density at radius 3 is 2.43 bits per heavy atom. The molecule has 0 saturated carbocycles. The molecule has 1 amide bonds. The van der Waals surface area contributed by atoms with Crippen LogP contribution < -0.4 is 15.6 Å². The largest absolute Gasteiger partial charge is 0.297 e. The molecule has 0 spiro atoms. The number of ketones is 1. The molecule has 5 nitrogen and oxygen atoms in total. The minimum absolute atomic E-state index is 0.0593. The quantitative estimate of drug-likeness (QED) is 0.674. The first-order chi connectivity index (χ1) is 10.1. The van der Waals surface area contributed by atoms with Crippen molar-refractivity contribution in [1.29, 1.82) is 0 Å². The van der Waals surface area contributed by atoms with Gasteiger partial charge in [-0.2, -0.15) is 0 Å². The highest BCUT2D eigenvalue weighted by atomic mass is 16.5. The summed E-state index contributed by atoms with van der Waals surface area (Å²) in [6.07, 6.45) is 0. The molecule has 21 heavy (non-hydrogen) atoms. The van der Waals surface area contributed by atoms with Crippen LogP contribution in [0.25, 0.3) is 5.70 Å². The number of para-hydroxylation sites is 1. The molecule has 104 valence electrons. The van der Waals surface area contributed by atoms with Crippen molar-refractivity contribution in [3.63, 3.8) is 0 Å². The highest BCUT2D eigenvalue weighted by Gasteiger charge is 2.22. The van der Waals surface area contributed by atoms with Crippen LogP contribution >= 0.6 is 0 Å². The van der Waals surface area contributed by atoms with E-state index in [0.29, 0.717) is 21.8 Å². The lowest BCUT2D eigenvalue weighted by molar-refractivity contribution is -0.113. The molecular weight excluding hydrogens is 268 g/mol. The van der Waals surface area contributed by atoms with Crippen LogP contribution in [0.3, 0.4) is 0 Å². The summed E-state index contributed by atoms with van der Waals surface area (Å²) in [6.45, 7) is 1.47. The maximum Gasteiger partial charge on any atom is 0.297 e. The average molecular weight is 280 g/mol. The Morgan fingerprint density at radius 1 is 1.10 bits per heavy atom. The summed E-state index contributed by atoms with van der Waals surface area (Å²) in [6, 6.07) is 13.4. The van der Waals surface area contributed by atoms with Gasteiger partial charge >= 0.3 is 0 Å². The summed E-state index contributed by atoms with van der Waals surface area (Å²) in [5.74, 6) is -0.551. The number of hydrogen-bond donors (Lipinski definition) is 1. The highest BCUT2D eigenvalue weighted by molar-refractivity contribution is 6.18. The second kappa shape index (κ2) is 4.96. The van der Waals surface area contributed by atoms with Gasteiger partial charge in [0.05, 0.1) is 11.0 Å². The van der Waals surface area contributed by atoms with Gasteiger partial charge in [0, 0.05) is 10.8 Å². The van der Waals surface area contributed by atoms with Gasteiger partial charge in [0.15, 0.2) is 5.78 Å². The maximum absolute atomic E-state index is 12.0. The zero-order chi connectivity index (χ0) is 15.0. The molecule has 0 bridgehead atoms. The summed E-state index contributed by atoms with van der Waals surface area (Å²) in [5.41, 5.74) is 1.05. The standard InChI is InChI=1S/C16H12N2O3/c1-10(19)11-6-8-12(9-7-11)18(21)15-13-4-2-3-5-14(13)17-16(15)20/h2-9,21H,1H3. The van der Waals surface area contributed by atoms with Crippen molar-refractivity contribution in [1.82, 2.24) is 0 Å². The topological polar surface area (TPSA) is 70.0 Å². The number of hydroxylamine groups is 1. The molecule has 0 aliphatic carbocycles. The summed E-state index contributed by atoms with van der Waals surface area (Å²) < 4.78 is 0. The molecule has 2 aromatic rings. The van der Waals surface area contributed by atoms with Crippen LogP contribution in [0.15, 0.2) is 53.5 Å². The molecule has 1 N–H and O–H groups in total. The van der Waals surface area contributed by atoms with Crippen LogP contribution in [0.1, 0.15) is 17.3 Å². The zero-order valence-electron chi connectivity index (χ0n) is 11.3. The lowest BCUT2D eigenvalue weighted by Crippen LogP contribution is -2.30. The molecule has 0 radical (unpaired) electrons. The predicted molar refractivity (Wildman–Crippen MR) is 76.4 cm³/mol. The van der Waals surface area contributed by atoms with Gasteiger partial charge < -0.3 is 0 Å². The Bertz CT molecular complexity index is 854. The van der Waals surface area contributed by atoms with Crippen LogP contribution in [0.2, 0.25) is 0 Å². The van der Waals surface area contributed by atoms with E-state index in [0.717, 1.165) is 5.06 Å². The van der Waals surface area contributed by atoms with E-state index in [1.165, 1.54) is 6.92 Å². The molecule has 0 aromatic heterocycles. The van der Waals surface area contributed by atoms with Gasteiger partial charge in [0.2, 0.25) is 0 Å². The number of benzene rings is 2. The number of rotatable bonds is 3. The molecule has 5 heteroatoms. The normalized spacial score (nSPS) is 12.9. The maximum atomic E-state index is 12.0. The molecule has 0 atom stereocenters. The Labute approximate surface area is 120 Å². The Balaban J connectivity index is 2.07. The Kier molecular flexibility index (Phi) is 3.12. The Hall–Kier alpha value is -2.79. The van der Waals surface area contributed by atoms with Crippen molar-refractivity contribution >= 4 is 23.1 Å². The number of carbonyl (C=O) groups is 2. The smallest absolute Gasteiger partial charge is 0.295 e. The number of fused-ring (bicyclic) bond motifs is 1. The third-order valence-electron chi connectivity index (χ3n) is 3.31. The SMILES string of the molecule is CC(=O)c1ccc(N(O)C2=c3ccccc3=NC2=O)cc1. The molecular formula is C16H12N2O3. The van der Waals surface area contributed by atoms with Gasteiger partial charge in [-0.25, -0.2) is 10.1 Å². The third-order valence-corrected chi connectivity index (χ3v) is 3.31. The van der Waals surface area contributed by atoms with Crippen LogP contribution in [0.5, 0.6) is 0 Å². The average Bonchev–Trinajstić information content (AvgIpc) is 2.82. The van der Waals surface area contributed by atoms with Gasteiger partial charge in [-0.1, -0.05) is 18.2 Å². The van der Waals surface area contributed by atoms with Crippen LogP contribution in [0, 0.1) is 0 Å². The number of carbonyl (C=O) groups excluding carboxylic acids is 2. The summed E-state index contributed by atoms with van der Waals surface area (Å²) in [5, 5.41) is 12.2. The lowest BCUT2D eigenvalue weighted by Gasteiger charge is -2.16. The van der Waals surface area contributed by atoms with Crippen LogP contribution in [-0.2, 0) is 4.79 Å². The monoisotopic (exact) mass is 280 g/mol. The number of amides is 1. The van der Waals surface area contributed by atoms with Crippen molar-refractivity contribution < 1.29 is 14.8 Å². The van der Waals surface area contributed by atoms with Crippen molar-refractivity contribution in [2.45, 2.75) is 6.92 Å². The minimum Gasteiger partial charge on any atom is -0.295 e. The van der Waals surface area contributed by atoms with Crippen molar-refractivity contribution in [2.75, 3.05) is 5.06 Å². The van der Waals surface area contributed by atoms with Crippen LogP contribution in [0.4, 0.5) is 5.69 Å². The predicted octanol–water partition coefficient (Wildman–Crippen LogP) is 1.05. The molecule has 1 heterocycles. The fraction of sp³-hybridized carbons (Fsp3) is 0.0625.